The Hall–Kier alpha value is -2.14. The van der Waals surface area contributed by atoms with Crippen LogP contribution >= 0.6 is 0 Å². The van der Waals surface area contributed by atoms with Gasteiger partial charge in [0.2, 0.25) is 5.91 Å². The van der Waals surface area contributed by atoms with Gasteiger partial charge in [-0.3, -0.25) is 4.79 Å². The lowest BCUT2D eigenvalue weighted by Crippen LogP contribution is -2.16. The molecule has 1 aromatic heterocycles. The van der Waals surface area contributed by atoms with Gasteiger partial charge in [0.25, 0.3) is 0 Å². The van der Waals surface area contributed by atoms with Crippen LogP contribution in [0.15, 0.2) is 42.7 Å². The maximum atomic E-state index is 11.1. The van der Waals surface area contributed by atoms with E-state index in [1.807, 2.05) is 12.1 Å². The number of amides is 1. The molecule has 2 rings (SSSR count). The predicted molar refractivity (Wildman–Crippen MR) is 59.3 cm³/mol. The van der Waals surface area contributed by atoms with Gasteiger partial charge in [-0.2, -0.15) is 5.10 Å². The van der Waals surface area contributed by atoms with Crippen molar-refractivity contribution in [2.24, 2.45) is 0 Å². The van der Waals surface area contributed by atoms with Crippen LogP contribution in [0.1, 0.15) is 0 Å². The number of anilines is 1. The zero-order valence-corrected chi connectivity index (χ0v) is 8.50. The smallest absolute Gasteiger partial charge is 0.250 e. The van der Waals surface area contributed by atoms with E-state index in [-0.39, 0.29) is 0 Å². The van der Waals surface area contributed by atoms with Gasteiger partial charge in [0, 0.05) is 12.4 Å². The first-order chi connectivity index (χ1) is 7.81. The highest BCUT2D eigenvalue weighted by Crippen LogP contribution is 2.18. The Morgan fingerprint density at radius 1 is 1.38 bits per heavy atom. The molecule has 2 aromatic rings. The number of nitrogens with zero attached hydrogens (tertiary/aromatic N) is 2. The minimum absolute atomic E-state index is 0.445. The number of rotatable bonds is 3. The second-order valence-corrected chi connectivity index (χ2v) is 3.17. The molecule has 82 valence electrons. The van der Waals surface area contributed by atoms with E-state index in [4.69, 9.17) is 5.11 Å². The topological polar surface area (TPSA) is 67.2 Å². The van der Waals surface area contributed by atoms with Crippen molar-refractivity contribution in [3.05, 3.63) is 42.7 Å². The standard InChI is InChI=1S/C11H11N3O2/c15-8-11(16)13-9-4-1-2-5-10(9)14-7-3-6-12-14/h1-7,15H,8H2,(H,13,16). The Morgan fingerprint density at radius 3 is 2.88 bits per heavy atom. The number of benzene rings is 1. The maximum absolute atomic E-state index is 11.1. The molecule has 0 atom stereocenters. The zero-order valence-electron chi connectivity index (χ0n) is 8.50. The molecule has 0 aliphatic carbocycles. The van der Waals surface area contributed by atoms with Gasteiger partial charge in [-0.25, -0.2) is 4.68 Å². The summed E-state index contributed by atoms with van der Waals surface area (Å²) in [5.41, 5.74) is 1.37. The number of carbonyl (C=O) groups excluding carboxylic acids is 1. The fourth-order valence-electron chi connectivity index (χ4n) is 1.38. The summed E-state index contributed by atoms with van der Waals surface area (Å²) in [5, 5.41) is 15.4. The third-order valence-electron chi connectivity index (χ3n) is 2.07. The summed E-state index contributed by atoms with van der Waals surface area (Å²) in [5.74, 6) is -0.445. The van der Waals surface area contributed by atoms with E-state index in [0.717, 1.165) is 5.69 Å². The zero-order chi connectivity index (χ0) is 11.4. The molecule has 0 saturated carbocycles. The highest BCUT2D eigenvalue weighted by atomic mass is 16.3. The van der Waals surface area contributed by atoms with E-state index in [1.54, 1.807) is 35.3 Å². The lowest BCUT2D eigenvalue weighted by molar-refractivity contribution is -0.118. The maximum Gasteiger partial charge on any atom is 0.250 e. The van der Waals surface area contributed by atoms with E-state index in [0.29, 0.717) is 5.69 Å². The SMILES string of the molecule is O=C(CO)Nc1ccccc1-n1cccn1. The molecule has 16 heavy (non-hydrogen) atoms. The predicted octanol–water partition coefficient (Wildman–Crippen LogP) is 0.803. The Morgan fingerprint density at radius 2 is 2.19 bits per heavy atom. The molecular formula is C11H11N3O2. The molecule has 1 amide bonds. The highest BCUT2D eigenvalue weighted by Gasteiger charge is 2.06. The van der Waals surface area contributed by atoms with Crippen LogP contribution in [0, 0.1) is 0 Å². The van der Waals surface area contributed by atoms with Gasteiger partial charge >= 0.3 is 0 Å². The molecule has 0 spiro atoms. The second-order valence-electron chi connectivity index (χ2n) is 3.17. The molecule has 1 aromatic carbocycles. The minimum atomic E-state index is -0.534. The fourth-order valence-corrected chi connectivity index (χ4v) is 1.38. The van der Waals surface area contributed by atoms with Gasteiger partial charge < -0.3 is 10.4 Å². The van der Waals surface area contributed by atoms with Gasteiger partial charge in [0.15, 0.2) is 0 Å². The molecule has 1 heterocycles. The van der Waals surface area contributed by atoms with Crippen LogP contribution in [0.5, 0.6) is 0 Å². The summed E-state index contributed by atoms with van der Waals surface area (Å²) in [6, 6.07) is 9.04. The van der Waals surface area contributed by atoms with E-state index in [2.05, 4.69) is 10.4 Å². The fraction of sp³-hybridized carbons (Fsp3) is 0.0909. The summed E-state index contributed by atoms with van der Waals surface area (Å²) in [7, 11) is 0. The Labute approximate surface area is 92.3 Å². The van der Waals surface area contributed by atoms with Gasteiger partial charge in [0.1, 0.15) is 6.61 Å². The van der Waals surface area contributed by atoms with Crippen molar-refractivity contribution in [3.63, 3.8) is 0 Å². The minimum Gasteiger partial charge on any atom is -0.387 e. The molecule has 2 N–H and O–H groups in total. The Balaban J connectivity index is 2.35. The highest BCUT2D eigenvalue weighted by molar-refractivity contribution is 5.93. The van der Waals surface area contributed by atoms with Gasteiger partial charge in [0.05, 0.1) is 11.4 Å². The molecule has 5 nitrogen and oxygen atoms in total. The van der Waals surface area contributed by atoms with E-state index >= 15 is 0 Å². The van der Waals surface area contributed by atoms with Crippen LogP contribution in [-0.2, 0) is 4.79 Å². The third-order valence-corrected chi connectivity index (χ3v) is 2.07. The lowest BCUT2D eigenvalue weighted by Gasteiger charge is -2.09. The quantitative estimate of drug-likeness (QED) is 0.799. The summed E-state index contributed by atoms with van der Waals surface area (Å²) < 4.78 is 1.65. The van der Waals surface area contributed by atoms with Crippen molar-refractivity contribution in [2.75, 3.05) is 11.9 Å². The summed E-state index contributed by atoms with van der Waals surface area (Å²) in [6.45, 7) is -0.534. The normalized spacial score (nSPS) is 10.1. The van der Waals surface area contributed by atoms with Crippen molar-refractivity contribution in [2.45, 2.75) is 0 Å². The molecule has 0 fully saturated rings. The number of hydrogen-bond donors (Lipinski definition) is 2. The molecule has 0 radical (unpaired) electrons. The van der Waals surface area contributed by atoms with Crippen LogP contribution < -0.4 is 5.32 Å². The second kappa shape index (κ2) is 4.59. The van der Waals surface area contributed by atoms with Crippen molar-refractivity contribution in [1.29, 1.82) is 0 Å². The summed E-state index contributed by atoms with van der Waals surface area (Å²) >= 11 is 0. The largest absolute Gasteiger partial charge is 0.387 e. The number of para-hydroxylation sites is 2. The number of hydrogen-bond acceptors (Lipinski definition) is 3. The first-order valence-corrected chi connectivity index (χ1v) is 4.81. The molecule has 0 aliphatic heterocycles. The molecule has 0 unspecified atom stereocenters. The van der Waals surface area contributed by atoms with Crippen molar-refractivity contribution in [3.8, 4) is 5.69 Å². The summed E-state index contributed by atoms with van der Waals surface area (Å²) in [6.07, 6.45) is 3.44. The third kappa shape index (κ3) is 2.09. The van der Waals surface area contributed by atoms with Crippen LogP contribution in [0.2, 0.25) is 0 Å². The molecule has 0 bridgehead atoms. The molecule has 0 aliphatic rings. The number of carbonyl (C=O) groups is 1. The van der Waals surface area contributed by atoms with Gasteiger partial charge in [-0.05, 0) is 18.2 Å². The van der Waals surface area contributed by atoms with Crippen molar-refractivity contribution in [1.82, 2.24) is 9.78 Å². The molecule has 0 saturated heterocycles. The van der Waals surface area contributed by atoms with Crippen LogP contribution in [-0.4, -0.2) is 27.4 Å². The van der Waals surface area contributed by atoms with E-state index < -0.39 is 12.5 Å². The van der Waals surface area contributed by atoms with Crippen molar-refractivity contribution >= 4 is 11.6 Å². The molecular weight excluding hydrogens is 206 g/mol. The van der Waals surface area contributed by atoms with Crippen LogP contribution in [0.25, 0.3) is 5.69 Å². The number of nitrogens with one attached hydrogen (secondary N) is 1. The monoisotopic (exact) mass is 217 g/mol. The summed E-state index contributed by atoms with van der Waals surface area (Å²) in [4.78, 5) is 11.1. The first-order valence-electron chi connectivity index (χ1n) is 4.81. The van der Waals surface area contributed by atoms with Gasteiger partial charge in [-0.15, -0.1) is 0 Å². The van der Waals surface area contributed by atoms with E-state index in [1.165, 1.54) is 0 Å². The van der Waals surface area contributed by atoms with Gasteiger partial charge in [-0.1, -0.05) is 12.1 Å². The number of aliphatic hydroxyl groups excluding tert-OH is 1. The lowest BCUT2D eigenvalue weighted by atomic mass is 10.2. The molecule has 5 heteroatoms. The van der Waals surface area contributed by atoms with Crippen molar-refractivity contribution < 1.29 is 9.90 Å². The van der Waals surface area contributed by atoms with Crippen LogP contribution in [0.4, 0.5) is 5.69 Å². The number of aliphatic hydroxyl groups is 1. The Bertz CT molecular complexity index is 480. The van der Waals surface area contributed by atoms with Crippen LogP contribution in [0.3, 0.4) is 0 Å². The van der Waals surface area contributed by atoms with E-state index in [9.17, 15) is 4.79 Å². The number of aromatic nitrogens is 2. The average molecular weight is 217 g/mol. The Kier molecular flexibility index (Phi) is 2.98. The first kappa shape index (κ1) is 10.4. The average Bonchev–Trinajstić information content (AvgIpc) is 2.83.